The second-order valence-corrected chi connectivity index (χ2v) is 13.3. The summed E-state index contributed by atoms with van der Waals surface area (Å²) in [5.74, 6) is 1.82. The normalized spacial score (nSPS) is 18.0. The molecular weight excluding hydrogens is 572 g/mol. The second-order valence-electron chi connectivity index (χ2n) is 13.3. The fourth-order valence-electron chi connectivity index (χ4n) is 6.14. The van der Waals surface area contributed by atoms with Gasteiger partial charge in [0.25, 0.3) is 0 Å². The summed E-state index contributed by atoms with van der Waals surface area (Å²) in [5, 5.41) is 9.69. The highest BCUT2D eigenvalue weighted by Gasteiger charge is 2.38. The highest BCUT2D eigenvalue weighted by molar-refractivity contribution is 5.80. The molecule has 0 radical (unpaired) electrons. The number of ether oxygens (including phenoxy) is 4. The van der Waals surface area contributed by atoms with Gasteiger partial charge in [0.05, 0.1) is 36.7 Å². The third kappa shape index (κ3) is 6.69. The first kappa shape index (κ1) is 31.0. The number of para-hydroxylation sites is 1. The zero-order valence-electron chi connectivity index (χ0n) is 27.2. The SMILES string of the molecule is COC(=O)[C@@H](OC(C)(C)C)c1c(C)nc2cc3nn2c1N1CCC(C)(CC1)OCCCCOc1ccccc1Cc1cnn-3c1. The van der Waals surface area contributed by atoms with Crippen molar-refractivity contribution in [2.75, 3.05) is 38.3 Å². The van der Waals surface area contributed by atoms with E-state index < -0.39 is 17.7 Å². The molecule has 0 unspecified atom stereocenters. The lowest BCUT2D eigenvalue weighted by atomic mass is 9.92. The zero-order chi connectivity index (χ0) is 31.8. The van der Waals surface area contributed by atoms with Crippen LogP contribution in [0.15, 0.2) is 42.7 Å². The van der Waals surface area contributed by atoms with Crippen molar-refractivity contribution in [3.8, 4) is 11.6 Å². The molecule has 1 saturated heterocycles. The monoisotopic (exact) mass is 616 g/mol. The molecule has 1 aromatic carbocycles. The molecule has 0 aliphatic carbocycles. The van der Waals surface area contributed by atoms with Gasteiger partial charge in [-0.2, -0.15) is 9.61 Å². The molecule has 240 valence electrons. The van der Waals surface area contributed by atoms with Gasteiger partial charge in [0.15, 0.2) is 17.6 Å². The van der Waals surface area contributed by atoms with Crippen LogP contribution in [-0.2, 0) is 25.4 Å². The first-order chi connectivity index (χ1) is 21.5. The Morgan fingerprint density at radius 3 is 2.62 bits per heavy atom. The maximum atomic E-state index is 13.3. The Balaban J connectivity index is 1.48. The molecule has 0 spiro atoms. The lowest BCUT2D eigenvalue weighted by molar-refractivity contribution is -0.164. The van der Waals surface area contributed by atoms with Gasteiger partial charge in [0.1, 0.15) is 11.6 Å². The summed E-state index contributed by atoms with van der Waals surface area (Å²) in [5.41, 5.74) is 3.28. The Hall–Kier alpha value is -3.96. The average Bonchev–Trinajstić information content (AvgIpc) is 3.64. The van der Waals surface area contributed by atoms with Crippen molar-refractivity contribution in [3.05, 3.63) is 65.1 Å². The summed E-state index contributed by atoms with van der Waals surface area (Å²) in [7, 11) is 1.39. The van der Waals surface area contributed by atoms with Crippen LogP contribution < -0.4 is 9.64 Å². The Kier molecular flexibility index (Phi) is 8.58. The van der Waals surface area contributed by atoms with Gasteiger partial charge in [0.2, 0.25) is 0 Å². The molecule has 11 nitrogen and oxygen atoms in total. The molecule has 4 aromatic rings. The van der Waals surface area contributed by atoms with E-state index in [1.165, 1.54) is 7.11 Å². The molecular formula is C34H44N6O5. The molecule has 0 N–H and O–H groups in total. The molecule has 6 bridgehead atoms. The molecule has 1 atom stereocenters. The number of aryl methyl sites for hydroxylation is 1. The number of anilines is 1. The summed E-state index contributed by atoms with van der Waals surface area (Å²) in [4.78, 5) is 20.5. The number of hydrogen-bond donors (Lipinski definition) is 0. The number of methoxy groups -OCH3 is 1. The van der Waals surface area contributed by atoms with E-state index in [2.05, 4.69) is 23.0 Å². The zero-order valence-corrected chi connectivity index (χ0v) is 27.2. The summed E-state index contributed by atoms with van der Waals surface area (Å²) in [6.45, 7) is 12.6. The largest absolute Gasteiger partial charge is 0.493 e. The van der Waals surface area contributed by atoms with E-state index in [9.17, 15) is 4.79 Å². The summed E-state index contributed by atoms with van der Waals surface area (Å²) in [6, 6.07) is 10.1. The first-order valence-electron chi connectivity index (χ1n) is 15.8. The highest BCUT2D eigenvalue weighted by Crippen LogP contribution is 2.38. The number of carbonyl (C=O) groups is 1. The molecule has 6 heterocycles. The number of fused-ring (bicyclic) bond motifs is 7. The number of carbonyl (C=O) groups excluding carboxylic acids is 1. The van der Waals surface area contributed by atoms with Crippen LogP contribution in [-0.4, -0.2) is 75.0 Å². The van der Waals surface area contributed by atoms with Gasteiger partial charge >= 0.3 is 5.97 Å². The first-order valence-corrected chi connectivity index (χ1v) is 15.8. The number of esters is 1. The van der Waals surface area contributed by atoms with E-state index in [0.29, 0.717) is 55.4 Å². The van der Waals surface area contributed by atoms with E-state index >= 15 is 0 Å². The number of nitrogens with zero attached hydrogens (tertiary/aromatic N) is 6. The predicted octanol–water partition coefficient (Wildman–Crippen LogP) is 5.39. The van der Waals surface area contributed by atoms with Crippen LogP contribution in [0.3, 0.4) is 0 Å². The number of piperidine rings is 1. The van der Waals surface area contributed by atoms with Gasteiger partial charge in [-0.15, -0.1) is 5.10 Å². The van der Waals surface area contributed by atoms with Crippen molar-refractivity contribution in [1.29, 1.82) is 0 Å². The maximum Gasteiger partial charge on any atom is 0.339 e. The quantitative estimate of drug-likeness (QED) is 0.280. The number of hydrogen-bond acceptors (Lipinski definition) is 9. The number of aromatic nitrogens is 5. The summed E-state index contributed by atoms with van der Waals surface area (Å²) < 4.78 is 27.9. The number of rotatable bonds is 3. The van der Waals surface area contributed by atoms with Crippen LogP contribution in [0.1, 0.15) is 81.9 Å². The fraction of sp³-hybridized carbons (Fsp3) is 0.529. The summed E-state index contributed by atoms with van der Waals surface area (Å²) >= 11 is 0. The van der Waals surface area contributed by atoms with Gasteiger partial charge in [-0.3, -0.25) is 0 Å². The van der Waals surface area contributed by atoms with Crippen molar-refractivity contribution in [3.63, 3.8) is 0 Å². The van der Waals surface area contributed by atoms with Crippen LogP contribution >= 0.6 is 0 Å². The third-order valence-electron chi connectivity index (χ3n) is 8.55. The van der Waals surface area contributed by atoms with E-state index in [4.69, 9.17) is 29.0 Å². The molecule has 3 aliphatic heterocycles. The molecule has 3 aromatic heterocycles. The van der Waals surface area contributed by atoms with Gasteiger partial charge in [0, 0.05) is 44.1 Å². The minimum atomic E-state index is -0.983. The Labute approximate surface area is 264 Å². The van der Waals surface area contributed by atoms with E-state index in [1.807, 2.05) is 68.9 Å². The molecule has 0 amide bonds. The minimum Gasteiger partial charge on any atom is -0.493 e. The lowest BCUT2D eigenvalue weighted by Crippen LogP contribution is -2.46. The van der Waals surface area contributed by atoms with Crippen molar-refractivity contribution in [2.45, 2.75) is 84.0 Å². The van der Waals surface area contributed by atoms with Gasteiger partial charge in [-0.05, 0) is 77.5 Å². The van der Waals surface area contributed by atoms with Crippen molar-refractivity contribution in [2.24, 2.45) is 0 Å². The van der Waals surface area contributed by atoms with E-state index in [0.717, 1.165) is 48.4 Å². The Morgan fingerprint density at radius 1 is 1.11 bits per heavy atom. The van der Waals surface area contributed by atoms with Crippen LogP contribution in [0, 0.1) is 6.92 Å². The predicted molar refractivity (Wildman–Crippen MR) is 170 cm³/mol. The average molecular weight is 617 g/mol. The van der Waals surface area contributed by atoms with Crippen molar-refractivity contribution >= 4 is 17.4 Å². The Bertz CT molecular complexity index is 1660. The van der Waals surface area contributed by atoms with Crippen LogP contribution in [0.2, 0.25) is 0 Å². The maximum absolute atomic E-state index is 13.3. The third-order valence-corrected chi connectivity index (χ3v) is 8.55. The lowest BCUT2D eigenvalue weighted by Gasteiger charge is -2.41. The Morgan fingerprint density at radius 2 is 1.87 bits per heavy atom. The van der Waals surface area contributed by atoms with Gasteiger partial charge in [-0.1, -0.05) is 18.2 Å². The molecule has 3 aliphatic rings. The number of benzene rings is 1. The highest BCUT2D eigenvalue weighted by atomic mass is 16.6. The molecule has 7 rings (SSSR count). The standard InChI is InChI=1S/C34H44N6O5/c1-23-29(30(32(41)42-6)45-33(2,3)4)31-38-15-13-34(5,14-16-38)44-18-10-9-17-43-26-12-8-7-11-25(26)19-24-21-35-39(22-24)28-20-27(36-23)40(31)37-28/h7-8,11-12,20-22,30H,9-10,13-19H2,1-6H3/t30-/m0/s1. The van der Waals surface area contributed by atoms with E-state index in [-0.39, 0.29) is 5.60 Å². The summed E-state index contributed by atoms with van der Waals surface area (Å²) in [6.07, 6.45) is 7.02. The van der Waals surface area contributed by atoms with Crippen LogP contribution in [0.25, 0.3) is 11.5 Å². The van der Waals surface area contributed by atoms with Crippen molar-refractivity contribution < 1.29 is 23.7 Å². The minimum absolute atomic E-state index is 0.253. The van der Waals surface area contributed by atoms with Gasteiger partial charge < -0.3 is 23.8 Å². The molecule has 0 saturated carbocycles. The van der Waals surface area contributed by atoms with Crippen molar-refractivity contribution in [1.82, 2.24) is 24.4 Å². The van der Waals surface area contributed by atoms with Gasteiger partial charge in [-0.25, -0.2) is 14.5 Å². The molecule has 11 heteroatoms. The molecule has 1 fully saturated rings. The van der Waals surface area contributed by atoms with Crippen LogP contribution in [0.5, 0.6) is 5.75 Å². The second kappa shape index (κ2) is 12.4. The fourth-order valence-corrected chi connectivity index (χ4v) is 6.14. The molecule has 45 heavy (non-hydrogen) atoms. The smallest absolute Gasteiger partial charge is 0.339 e. The topological polar surface area (TPSA) is 105 Å². The van der Waals surface area contributed by atoms with E-state index in [1.54, 1.807) is 4.68 Å². The van der Waals surface area contributed by atoms with Crippen LogP contribution in [0.4, 0.5) is 5.82 Å².